The smallest absolute Gasteiger partial charge is 0.270 e. The highest BCUT2D eigenvalue weighted by atomic mass is 79.9. The first kappa shape index (κ1) is 11.9. The molecule has 0 radical (unpaired) electrons. The summed E-state index contributed by atoms with van der Waals surface area (Å²) in [5.41, 5.74) is 0.756. The summed E-state index contributed by atoms with van der Waals surface area (Å²) in [4.78, 5) is 10.00. The lowest BCUT2D eigenvalue weighted by Crippen LogP contribution is -2.15. The Morgan fingerprint density at radius 3 is 2.80 bits per heavy atom. The van der Waals surface area contributed by atoms with E-state index in [1.807, 2.05) is 0 Å². The van der Waals surface area contributed by atoms with Crippen LogP contribution in [-0.4, -0.2) is 22.7 Å². The zero-order chi connectivity index (χ0) is 11.4. The molecular weight excluding hydrogens is 264 g/mol. The molecule has 0 aromatic heterocycles. The minimum Gasteiger partial charge on any atom is -0.392 e. The van der Waals surface area contributed by atoms with Gasteiger partial charge in [-0.25, -0.2) is 0 Å². The van der Waals surface area contributed by atoms with Crippen molar-refractivity contribution in [3.63, 3.8) is 0 Å². The molecule has 0 spiro atoms. The van der Waals surface area contributed by atoms with E-state index in [0.29, 0.717) is 11.0 Å². The molecule has 0 aliphatic carbocycles. The topological polar surface area (TPSA) is 75.4 Å². The van der Waals surface area contributed by atoms with E-state index in [-0.39, 0.29) is 5.69 Å². The minimum absolute atomic E-state index is 0.0319. The van der Waals surface area contributed by atoms with E-state index in [4.69, 9.17) is 5.11 Å². The maximum Gasteiger partial charge on any atom is 0.270 e. The van der Waals surface area contributed by atoms with Crippen LogP contribution in [0.15, 0.2) is 22.7 Å². The molecule has 15 heavy (non-hydrogen) atoms. The number of hydrogen-bond donors (Lipinski definition) is 2. The molecule has 1 unspecified atom stereocenters. The number of nitrogens with zero attached hydrogens (tertiary/aromatic N) is 1. The number of rotatable bonds is 4. The predicted octanol–water partition coefficient (Wildman–Crippen LogP) is 2.15. The molecule has 0 bridgehead atoms. The Labute approximate surface area is 95.4 Å². The molecular formula is C9H11BrN2O3. The first-order valence-electron chi connectivity index (χ1n) is 4.36. The van der Waals surface area contributed by atoms with Gasteiger partial charge in [-0.05, 0) is 28.9 Å². The SMILES string of the molecule is CC(O)CNc1ccc([N+](=O)[O-])cc1Br. The number of halogens is 1. The van der Waals surface area contributed by atoms with Crippen molar-refractivity contribution in [1.82, 2.24) is 0 Å². The summed E-state index contributed by atoms with van der Waals surface area (Å²) < 4.78 is 0.609. The van der Waals surface area contributed by atoms with Crippen LogP contribution < -0.4 is 5.32 Å². The molecule has 0 saturated heterocycles. The second kappa shape index (κ2) is 5.09. The van der Waals surface area contributed by atoms with Gasteiger partial charge in [0.25, 0.3) is 5.69 Å². The molecule has 0 amide bonds. The van der Waals surface area contributed by atoms with E-state index < -0.39 is 11.0 Å². The lowest BCUT2D eigenvalue weighted by atomic mass is 10.2. The van der Waals surface area contributed by atoms with Gasteiger partial charge in [-0.3, -0.25) is 10.1 Å². The number of nitro benzene ring substituents is 1. The van der Waals surface area contributed by atoms with Gasteiger partial charge in [0.05, 0.1) is 11.0 Å². The molecule has 0 aliphatic heterocycles. The van der Waals surface area contributed by atoms with Crippen LogP contribution in [0.25, 0.3) is 0 Å². The Morgan fingerprint density at radius 1 is 1.67 bits per heavy atom. The molecule has 0 aliphatic rings. The first-order chi connectivity index (χ1) is 7.00. The van der Waals surface area contributed by atoms with Crippen LogP contribution in [0, 0.1) is 10.1 Å². The number of hydrogen-bond acceptors (Lipinski definition) is 4. The van der Waals surface area contributed by atoms with Gasteiger partial charge in [-0.15, -0.1) is 0 Å². The number of anilines is 1. The zero-order valence-electron chi connectivity index (χ0n) is 8.11. The highest BCUT2D eigenvalue weighted by Gasteiger charge is 2.08. The Bertz CT molecular complexity index is 368. The molecule has 82 valence electrons. The van der Waals surface area contributed by atoms with Gasteiger partial charge in [0.15, 0.2) is 0 Å². The highest BCUT2D eigenvalue weighted by molar-refractivity contribution is 9.10. The predicted molar refractivity (Wildman–Crippen MR) is 61.0 cm³/mol. The van der Waals surface area contributed by atoms with E-state index in [1.165, 1.54) is 12.1 Å². The summed E-state index contributed by atoms with van der Waals surface area (Å²) in [5.74, 6) is 0. The van der Waals surface area contributed by atoms with Crippen LogP contribution in [0.5, 0.6) is 0 Å². The lowest BCUT2D eigenvalue weighted by molar-refractivity contribution is -0.384. The molecule has 5 nitrogen and oxygen atoms in total. The molecule has 6 heteroatoms. The Balaban J connectivity index is 2.79. The summed E-state index contributed by atoms with van der Waals surface area (Å²) in [6.45, 7) is 2.06. The highest BCUT2D eigenvalue weighted by Crippen LogP contribution is 2.26. The molecule has 1 atom stereocenters. The summed E-state index contributed by atoms with van der Waals surface area (Å²) in [6, 6.07) is 4.43. The van der Waals surface area contributed by atoms with Crippen LogP contribution in [0.3, 0.4) is 0 Å². The lowest BCUT2D eigenvalue weighted by Gasteiger charge is -2.09. The fourth-order valence-electron chi connectivity index (χ4n) is 1.02. The van der Waals surface area contributed by atoms with Crippen LogP contribution in [0.4, 0.5) is 11.4 Å². The Hall–Kier alpha value is -1.14. The third-order valence-electron chi connectivity index (χ3n) is 1.75. The maximum absolute atomic E-state index is 10.5. The fourth-order valence-corrected chi connectivity index (χ4v) is 1.53. The standard InChI is InChI=1S/C9H11BrN2O3/c1-6(13)5-11-9-3-2-7(12(14)15)4-8(9)10/h2-4,6,11,13H,5H2,1H3. The number of aliphatic hydroxyl groups is 1. The van der Waals surface area contributed by atoms with Crippen molar-refractivity contribution in [2.75, 3.05) is 11.9 Å². The molecule has 0 heterocycles. The average Bonchev–Trinajstić information content (AvgIpc) is 2.15. The van der Waals surface area contributed by atoms with Gasteiger partial charge >= 0.3 is 0 Å². The number of nitrogens with one attached hydrogen (secondary N) is 1. The monoisotopic (exact) mass is 274 g/mol. The largest absolute Gasteiger partial charge is 0.392 e. The van der Waals surface area contributed by atoms with Crippen molar-refractivity contribution in [2.24, 2.45) is 0 Å². The van der Waals surface area contributed by atoms with Crippen LogP contribution >= 0.6 is 15.9 Å². The van der Waals surface area contributed by atoms with E-state index in [0.717, 1.165) is 5.69 Å². The van der Waals surface area contributed by atoms with Gasteiger partial charge in [-0.2, -0.15) is 0 Å². The quantitative estimate of drug-likeness (QED) is 0.652. The van der Waals surface area contributed by atoms with Crippen LogP contribution in [0.2, 0.25) is 0 Å². The Morgan fingerprint density at radius 2 is 2.33 bits per heavy atom. The number of benzene rings is 1. The molecule has 1 aromatic carbocycles. The second-order valence-corrected chi connectivity index (χ2v) is 4.01. The molecule has 2 N–H and O–H groups in total. The van der Waals surface area contributed by atoms with Crippen molar-refractivity contribution >= 4 is 27.3 Å². The van der Waals surface area contributed by atoms with Crippen LogP contribution in [-0.2, 0) is 0 Å². The molecule has 0 fully saturated rings. The minimum atomic E-state index is -0.466. The second-order valence-electron chi connectivity index (χ2n) is 3.15. The summed E-state index contributed by atoms with van der Waals surface area (Å²) in [5, 5.41) is 22.5. The Kier molecular flexibility index (Phi) is 4.05. The normalized spacial score (nSPS) is 12.2. The van der Waals surface area contributed by atoms with Gasteiger partial charge in [-0.1, -0.05) is 0 Å². The van der Waals surface area contributed by atoms with Gasteiger partial charge < -0.3 is 10.4 Å². The van der Waals surface area contributed by atoms with E-state index in [9.17, 15) is 10.1 Å². The van der Waals surface area contributed by atoms with Gasteiger partial charge in [0.1, 0.15) is 0 Å². The summed E-state index contributed by atoms with van der Waals surface area (Å²) >= 11 is 3.22. The zero-order valence-corrected chi connectivity index (χ0v) is 9.69. The van der Waals surface area contributed by atoms with Crippen molar-refractivity contribution in [3.05, 3.63) is 32.8 Å². The van der Waals surface area contributed by atoms with Crippen LogP contribution in [0.1, 0.15) is 6.92 Å². The number of non-ortho nitro benzene ring substituents is 1. The van der Waals surface area contributed by atoms with E-state index >= 15 is 0 Å². The summed E-state index contributed by atoms with van der Waals surface area (Å²) in [7, 11) is 0. The molecule has 1 aromatic rings. The van der Waals surface area contributed by atoms with E-state index in [2.05, 4.69) is 21.2 Å². The number of aliphatic hydroxyl groups excluding tert-OH is 1. The van der Waals surface area contributed by atoms with Crippen molar-refractivity contribution < 1.29 is 10.0 Å². The van der Waals surface area contributed by atoms with Crippen molar-refractivity contribution in [2.45, 2.75) is 13.0 Å². The maximum atomic E-state index is 10.5. The van der Waals surface area contributed by atoms with Crippen molar-refractivity contribution in [3.8, 4) is 0 Å². The summed E-state index contributed by atoms with van der Waals surface area (Å²) in [6.07, 6.45) is -0.466. The third kappa shape index (κ3) is 3.49. The fraction of sp³-hybridized carbons (Fsp3) is 0.333. The first-order valence-corrected chi connectivity index (χ1v) is 5.16. The van der Waals surface area contributed by atoms with Crippen molar-refractivity contribution in [1.29, 1.82) is 0 Å². The molecule has 0 saturated carbocycles. The van der Waals surface area contributed by atoms with Gasteiger partial charge in [0.2, 0.25) is 0 Å². The van der Waals surface area contributed by atoms with E-state index in [1.54, 1.807) is 13.0 Å². The molecule has 1 rings (SSSR count). The number of nitro groups is 1. The van der Waals surface area contributed by atoms with Gasteiger partial charge in [0, 0.05) is 28.8 Å². The average molecular weight is 275 g/mol. The third-order valence-corrected chi connectivity index (χ3v) is 2.41.